The molecule has 2 aliphatic heterocycles. The van der Waals surface area contributed by atoms with Crippen molar-refractivity contribution in [1.29, 1.82) is 0 Å². The molecule has 0 bridgehead atoms. The topological polar surface area (TPSA) is 75.6 Å². The minimum absolute atomic E-state index is 0.312. The van der Waals surface area contributed by atoms with Gasteiger partial charge < -0.3 is 4.74 Å². The van der Waals surface area contributed by atoms with Gasteiger partial charge in [-0.25, -0.2) is 8.42 Å². The summed E-state index contributed by atoms with van der Waals surface area (Å²) in [5, 5.41) is 9.76. The van der Waals surface area contributed by atoms with Crippen LogP contribution >= 0.6 is 11.3 Å². The summed E-state index contributed by atoms with van der Waals surface area (Å²) in [5.74, 6) is 0. The average Bonchev–Trinajstić information content (AvgIpc) is 2.93. The van der Waals surface area contributed by atoms with E-state index in [1.165, 1.54) is 0 Å². The number of piperidine rings is 1. The Kier molecular flexibility index (Phi) is 5.08. The minimum Gasteiger partial charge on any atom is -0.379 e. The van der Waals surface area contributed by atoms with Crippen molar-refractivity contribution in [2.75, 3.05) is 39.4 Å². The molecule has 0 amide bonds. The van der Waals surface area contributed by atoms with Crippen molar-refractivity contribution < 1.29 is 13.2 Å². The summed E-state index contributed by atoms with van der Waals surface area (Å²) in [6, 6.07) is 0. The molecule has 0 aliphatic carbocycles. The molecule has 1 aromatic rings. The first-order valence-electron chi connectivity index (χ1n) is 7.64. The maximum Gasteiger partial charge on any atom is 0.218 e. The van der Waals surface area contributed by atoms with Crippen molar-refractivity contribution in [1.82, 2.24) is 19.4 Å². The molecule has 2 saturated heterocycles. The highest BCUT2D eigenvalue weighted by Crippen LogP contribution is 2.23. The molecule has 9 heteroatoms. The van der Waals surface area contributed by atoms with Crippen molar-refractivity contribution in [3.8, 4) is 0 Å². The molecule has 3 rings (SSSR count). The standard InChI is InChI=1S/C13H22N4O3S2/c1-11-14-15-13(21-11)10-16-4-2-3-12(9-16)22(18,19)17-5-7-20-8-6-17/h12H,2-10H2,1H3/t12-/m0/s1. The van der Waals surface area contributed by atoms with Crippen LogP contribution in [0.1, 0.15) is 22.9 Å². The van der Waals surface area contributed by atoms with Crippen molar-refractivity contribution in [3.05, 3.63) is 10.0 Å². The van der Waals surface area contributed by atoms with Gasteiger partial charge in [0.1, 0.15) is 10.0 Å². The SMILES string of the molecule is Cc1nnc(CN2CCC[C@H](S(=O)(=O)N3CCOCC3)C2)s1. The Morgan fingerprint density at radius 1 is 1.27 bits per heavy atom. The number of morpholine rings is 1. The minimum atomic E-state index is -3.23. The number of aryl methyl sites for hydroxylation is 1. The Balaban J connectivity index is 1.64. The van der Waals surface area contributed by atoms with Crippen LogP contribution in [0, 0.1) is 6.92 Å². The van der Waals surface area contributed by atoms with Crippen molar-refractivity contribution >= 4 is 21.4 Å². The first-order valence-corrected chi connectivity index (χ1v) is 9.96. The highest BCUT2D eigenvalue weighted by Gasteiger charge is 2.36. The summed E-state index contributed by atoms with van der Waals surface area (Å²) in [6.07, 6.45) is 1.65. The summed E-state index contributed by atoms with van der Waals surface area (Å²) in [4.78, 5) is 2.19. The molecule has 2 aliphatic rings. The van der Waals surface area contributed by atoms with E-state index in [0.29, 0.717) is 39.4 Å². The predicted molar refractivity (Wildman–Crippen MR) is 84.3 cm³/mol. The summed E-state index contributed by atoms with van der Waals surface area (Å²) in [5.41, 5.74) is 0. The molecule has 124 valence electrons. The van der Waals surface area contributed by atoms with Gasteiger partial charge in [0.05, 0.1) is 25.0 Å². The van der Waals surface area contributed by atoms with Gasteiger partial charge in [-0.1, -0.05) is 0 Å². The van der Waals surface area contributed by atoms with Crippen LogP contribution in [0.3, 0.4) is 0 Å². The van der Waals surface area contributed by atoms with Gasteiger partial charge in [-0.05, 0) is 26.3 Å². The molecule has 0 spiro atoms. The van der Waals surface area contributed by atoms with E-state index in [-0.39, 0.29) is 5.25 Å². The zero-order valence-electron chi connectivity index (χ0n) is 12.8. The first kappa shape index (κ1) is 16.3. The highest BCUT2D eigenvalue weighted by atomic mass is 32.2. The van der Waals surface area contributed by atoms with E-state index in [1.54, 1.807) is 15.6 Å². The first-order chi connectivity index (χ1) is 10.6. The fourth-order valence-electron chi connectivity index (χ4n) is 3.00. The van der Waals surface area contributed by atoms with E-state index < -0.39 is 10.0 Å². The second kappa shape index (κ2) is 6.88. The number of rotatable bonds is 4. The normalized spacial score (nSPS) is 25.4. The van der Waals surface area contributed by atoms with Crippen LogP contribution in [0.5, 0.6) is 0 Å². The largest absolute Gasteiger partial charge is 0.379 e. The van der Waals surface area contributed by atoms with Crippen LogP contribution in [0.4, 0.5) is 0 Å². The lowest BCUT2D eigenvalue weighted by atomic mass is 10.1. The van der Waals surface area contributed by atoms with Gasteiger partial charge in [0.2, 0.25) is 10.0 Å². The van der Waals surface area contributed by atoms with Crippen LogP contribution in [-0.4, -0.2) is 72.5 Å². The molecule has 2 fully saturated rings. The number of hydrogen-bond acceptors (Lipinski definition) is 7. The molecule has 3 heterocycles. The van der Waals surface area contributed by atoms with Crippen molar-refractivity contribution in [2.24, 2.45) is 0 Å². The van der Waals surface area contributed by atoms with Gasteiger partial charge in [0, 0.05) is 19.6 Å². The fraction of sp³-hybridized carbons (Fsp3) is 0.846. The number of sulfonamides is 1. The lowest BCUT2D eigenvalue weighted by Crippen LogP contribution is -2.50. The Hall–Kier alpha value is -0.610. The predicted octanol–water partition coefficient (Wildman–Crippen LogP) is 0.473. The number of hydrogen-bond donors (Lipinski definition) is 0. The van der Waals surface area contributed by atoms with Gasteiger partial charge in [0.15, 0.2) is 0 Å². The molecule has 0 unspecified atom stereocenters. The lowest BCUT2D eigenvalue weighted by Gasteiger charge is -2.36. The summed E-state index contributed by atoms with van der Waals surface area (Å²) in [7, 11) is -3.23. The summed E-state index contributed by atoms with van der Waals surface area (Å²) >= 11 is 1.58. The molecule has 7 nitrogen and oxygen atoms in total. The van der Waals surface area contributed by atoms with Crippen LogP contribution in [-0.2, 0) is 21.3 Å². The van der Waals surface area contributed by atoms with E-state index in [9.17, 15) is 8.42 Å². The monoisotopic (exact) mass is 346 g/mol. The molecular formula is C13H22N4O3S2. The number of aromatic nitrogens is 2. The van der Waals surface area contributed by atoms with Crippen molar-refractivity contribution in [2.45, 2.75) is 31.6 Å². The molecule has 0 radical (unpaired) electrons. The second-order valence-electron chi connectivity index (χ2n) is 5.77. The maximum atomic E-state index is 12.8. The Labute approximate surface area is 135 Å². The Morgan fingerprint density at radius 2 is 2.05 bits per heavy atom. The van der Waals surface area contributed by atoms with Crippen LogP contribution in [0.25, 0.3) is 0 Å². The van der Waals surface area contributed by atoms with Crippen LogP contribution in [0.15, 0.2) is 0 Å². The van der Waals surface area contributed by atoms with E-state index in [0.717, 1.165) is 29.4 Å². The van der Waals surface area contributed by atoms with Gasteiger partial charge >= 0.3 is 0 Å². The summed E-state index contributed by atoms with van der Waals surface area (Å²) < 4.78 is 32.4. The molecule has 0 saturated carbocycles. The Bertz CT molecular complexity index is 598. The number of nitrogens with zero attached hydrogens (tertiary/aromatic N) is 4. The van der Waals surface area contributed by atoms with Gasteiger partial charge in [-0.15, -0.1) is 21.5 Å². The summed E-state index contributed by atoms with van der Waals surface area (Å²) in [6.45, 7) is 6.10. The second-order valence-corrected chi connectivity index (χ2v) is 9.25. The average molecular weight is 346 g/mol. The van der Waals surface area contributed by atoms with E-state index in [1.807, 2.05) is 6.92 Å². The maximum absolute atomic E-state index is 12.8. The number of ether oxygens (including phenoxy) is 1. The van der Waals surface area contributed by atoms with Gasteiger partial charge in [-0.3, -0.25) is 4.90 Å². The Morgan fingerprint density at radius 3 is 2.73 bits per heavy atom. The van der Waals surface area contributed by atoms with Crippen LogP contribution in [0.2, 0.25) is 0 Å². The molecule has 22 heavy (non-hydrogen) atoms. The van der Waals surface area contributed by atoms with E-state index >= 15 is 0 Å². The molecule has 0 aromatic carbocycles. The zero-order valence-corrected chi connectivity index (χ0v) is 14.4. The number of likely N-dealkylation sites (tertiary alicyclic amines) is 1. The molecular weight excluding hydrogens is 324 g/mol. The van der Waals surface area contributed by atoms with E-state index in [4.69, 9.17) is 4.74 Å². The third-order valence-corrected chi connectivity index (χ3v) is 7.28. The molecule has 0 N–H and O–H groups in total. The lowest BCUT2D eigenvalue weighted by molar-refractivity contribution is 0.0719. The van der Waals surface area contributed by atoms with Crippen LogP contribution < -0.4 is 0 Å². The van der Waals surface area contributed by atoms with Crippen molar-refractivity contribution in [3.63, 3.8) is 0 Å². The van der Waals surface area contributed by atoms with Gasteiger partial charge in [0.25, 0.3) is 0 Å². The fourth-order valence-corrected chi connectivity index (χ4v) is 5.70. The van der Waals surface area contributed by atoms with E-state index in [2.05, 4.69) is 15.1 Å². The zero-order chi connectivity index (χ0) is 15.6. The third kappa shape index (κ3) is 3.65. The molecule has 1 atom stereocenters. The molecule has 1 aromatic heterocycles. The highest BCUT2D eigenvalue weighted by molar-refractivity contribution is 7.89. The third-order valence-electron chi connectivity index (χ3n) is 4.14. The quantitative estimate of drug-likeness (QED) is 0.789. The van der Waals surface area contributed by atoms with Gasteiger partial charge in [-0.2, -0.15) is 4.31 Å². The smallest absolute Gasteiger partial charge is 0.218 e.